The number of carboxylic acid groups (broad SMARTS) is 1. The van der Waals surface area contributed by atoms with Crippen LogP contribution >= 0.6 is 0 Å². The zero-order valence-electron chi connectivity index (χ0n) is 8.61. The van der Waals surface area contributed by atoms with Gasteiger partial charge in [-0.2, -0.15) is 0 Å². The van der Waals surface area contributed by atoms with Gasteiger partial charge in [-0.05, 0) is 38.0 Å². The molecule has 1 fully saturated rings. The van der Waals surface area contributed by atoms with E-state index in [0.29, 0.717) is 18.3 Å². The fraction of sp³-hybridized carbons (Fsp3) is 0.667. The molecule has 79 valence electrons. The third-order valence-corrected chi connectivity index (χ3v) is 3.11. The first kappa shape index (κ1) is 11.3. The summed E-state index contributed by atoms with van der Waals surface area (Å²) in [6, 6.07) is 0. The third kappa shape index (κ3) is 3.52. The molecular weight excluding hydrogens is 176 g/mol. The van der Waals surface area contributed by atoms with Crippen LogP contribution in [0.5, 0.6) is 0 Å². The van der Waals surface area contributed by atoms with Crippen LogP contribution in [0, 0.1) is 18.8 Å². The predicted molar refractivity (Wildman–Crippen MR) is 56.8 cm³/mol. The van der Waals surface area contributed by atoms with Crippen LogP contribution in [-0.4, -0.2) is 11.1 Å². The Labute approximate surface area is 86.0 Å². The fourth-order valence-electron chi connectivity index (χ4n) is 2.36. The van der Waals surface area contributed by atoms with Crippen LogP contribution < -0.4 is 0 Å². The summed E-state index contributed by atoms with van der Waals surface area (Å²) < 4.78 is 0. The maximum atomic E-state index is 10.7. The van der Waals surface area contributed by atoms with Gasteiger partial charge in [0.1, 0.15) is 0 Å². The number of hydrogen-bond donors (Lipinski definition) is 1. The molecule has 1 aliphatic rings. The van der Waals surface area contributed by atoms with Crippen LogP contribution in [0.3, 0.4) is 0 Å². The topological polar surface area (TPSA) is 37.3 Å². The molecule has 1 radical (unpaired) electrons. The lowest BCUT2D eigenvalue weighted by Gasteiger charge is -2.29. The van der Waals surface area contributed by atoms with Crippen molar-refractivity contribution < 1.29 is 9.90 Å². The molecule has 0 bridgehead atoms. The van der Waals surface area contributed by atoms with E-state index in [1.807, 2.05) is 6.08 Å². The zero-order valence-corrected chi connectivity index (χ0v) is 8.61. The molecule has 0 saturated heterocycles. The van der Waals surface area contributed by atoms with E-state index in [1.54, 1.807) is 0 Å². The number of allylic oxidation sites excluding steroid dienone is 2. The number of rotatable bonds is 4. The first-order chi connectivity index (χ1) is 6.74. The molecule has 2 heteroatoms. The van der Waals surface area contributed by atoms with E-state index in [9.17, 15) is 4.79 Å². The van der Waals surface area contributed by atoms with Crippen molar-refractivity contribution in [2.45, 2.75) is 38.5 Å². The maximum Gasteiger partial charge on any atom is 0.303 e. The van der Waals surface area contributed by atoms with E-state index in [1.165, 1.54) is 19.3 Å². The molecule has 1 rings (SSSR count). The average molecular weight is 195 g/mol. The predicted octanol–water partition coefficient (Wildman–Crippen LogP) is 3.05. The molecule has 1 N–H and O–H groups in total. The van der Waals surface area contributed by atoms with Crippen molar-refractivity contribution in [2.75, 3.05) is 0 Å². The summed E-state index contributed by atoms with van der Waals surface area (Å²) in [5.41, 5.74) is 0. The molecule has 1 saturated carbocycles. The minimum Gasteiger partial charge on any atom is -0.481 e. The van der Waals surface area contributed by atoms with E-state index >= 15 is 0 Å². The van der Waals surface area contributed by atoms with Crippen molar-refractivity contribution >= 4 is 5.97 Å². The van der Waals surface area contributed by atoms with Crippen molar-refractivity contribution in [3.8, 4) is 0 Å². The Bertz CT molecular complexity index is 208. The van der Waals surface area contributed by atoms with Gasteiger partial charge in [0.25, 0.3) is 0 Å². The minimum atomic E-state index is -0.652. The smallest absolute Gasteiger partial charge is 0.303 e. The average Bonchev–Trinajstić information content (AvgIpc) is 2.16. The van der Waals surface area contributed by atoms with Crippen molar-refractivity contribution in [2.24, 2.45) is 11.8 Å². The summed E-state index contributed by atoms with van der Waals surface area (Å²) in [5.74, 6) is 0.302. The Kier molecular flexibility index (Phi) is 4.71. The molecule has 0 aromatic heterocycles. The molecule has 14 heavy (non-hydrogen) atoms. The lowest BCUT2D eigenvalue weighted by Crippen LogP contribution is -2.21. The highest BCUT2D eigenvalue weighted by Crippen LogP contribution is 2.34. The molecule has 2 atom stereocenters. The summed E-state index contributed by atoms with van der Waals surface area (Å²) in [7, 11) is 0. The second-order valence-corrected chi connectivity index (χ2v) is 4.11. The molecule has 2 unspecified atom stereocenters. The Morgan fingerprint density at radius 1 is 1.36 bits per heavy atom. The van der Waals surface area contributed by atoms with E-state index < -0.39 is 5.97 Å². The highest BCUT2D eigenvalue weighted by molar-refractivity contribution is 5.67. The maximum absolute atomic E-state index is 10.7. The molecule has 0 aromatic carbocycles. The van der Waals surface area contributed by atoms with E-state index in [0.717, 1.165) is 12.8 Å². The van der Waals surface area contributed by atoms with Gasteiger partial charge in [0.2, 0.25) is 0 Å². The van der Waals surface area contributed by atoms with Crippen LogP contribution in [-0.2, 0) is 4.79 Å². The largest absolute Gasteiger partial charge is 0.481 e. The van der Waals surface area contributed by atoms with Gasteiger partial charge >= 0.3 is 5.97 Å². The van der Waals surface area contributed by atoms with Crippen molar-refractivity contribution in [1.82, 2.24) is 0 Å². The molecule has 1 aliphatic carbocycles. The first-order valence-electron chi connectivity index (χ1n) is 5.40. The first-order valence-corrected chi connectivity index (χ1v) is 5.40. The number of carbonyl (C=O) groups is 1. The molecule has 0 heterocycles. The quantitative estimate of drug-likeness (QED) is 0.748. The summed E-state index contributed by atoms with van der Waals surface area (Å²) in [6.45, 7) is 3.66. The Morgan fingerprint density at radius 3 is 2.57 bits per heavy atom. The minimum absolute atomic E-state index is 0.343. The van der Waals surface area contributed by atoms with Crippen LogP contribution in [0.25, 0.3) is 0 Å². The lowest BCUT2D eigenvalue weighted by molar-refractivity contribution is -0.138. The van der Waals surface area contributed by atoms with E-state index in [4.69, 9.17) is 5.11 Å². The Hall–Kier alpha value is -0.790. The van der Waals surface area contributed by atoms with Crippen LogP contribution in [0.1, 0.15) is 38.5 Å². The highest BCUT2D eigenvalue weighted by atomic mass is 16.4. The monoisotopic (exact) mass is 195 g/mol. The van der Waals surface area contributed by atoms with Crippen molar-refractivity contribution in [3.63, 3.8) is 0 Å². The van der Waals surface area contributed by atoms with Gasteiger partial charge in [-0.25, -0.2) is 0 Å². The molecule has 2 nitrogen and oxygen atoms in total. The van der Waals surface area contributed by atoms with Gasteiger partial charge in [-0.1, -0.05) is 25.0 Å². The third-order valence-electron chi connectivity index (χ3n) is 3.11. The lowest BCUT2D eigenvalue weighted by atomic mass is 9.76. The van der Waals surface area contributed by atoms with E-state index in [-0.39, 0.29) is 0 Å². The van der Waals surface area contributed by atoms with Gasteiger partial charge < -0.3 is 5.11 Å². The van der Waals surface area contributed by atoms with Gasteiger partial charge in [-0.3, -0.25) is 4.79 Å². The van der Waals surface area contributed by atoms with Gasteiger partial charge in [0, 0.05) is 6.42 Å². The summed E-state index contributed by atoms with van der Waals surface area (Å²) >= 11 is 0. The van der Waals surface area contributed by atoms with Gasteiger partial charge in [0.05, 0.1) is 0 Å². The molecule has 0 aliphatic heterocycles. The zero-order chi connectivity index (χ0) is 10.4. The van der Waals surface area contributed by atoms with Crippen LogP contribution in [0.15, 0.2) is 12.2 Å². The van der Waals surface area contributed by atoms with Crippen LogP contribution in [0.2, 0.25) is 0 Å². The Morgan fingerprint density at radius 2 is 2.00 bits per heavy atom. The summed E-state index contributed by atoms with van der Waals surface area (Å²) in [4.78, 5) is 10.7. The normalized spacial score (nSPS) is 28.1. The number of hydrogen-bond acceptors (Lipinski definition) is 1. The fourth-order valence-corrected chi connectivity index (χ4v) is 2.36. The Balaban J connectivity index is 2.45. The molecular formula is C12H19O2. The molecule has 0 spiro atoms. The van der Waals surface area contributed by atoms with Gasteiger partial charge in [-0.15, -0.1) is 0 Å². The number of carboxylic acids is 1. The molecule has 0 aromatic rings. The SMILES string of the molecule is [CH2]C=CCC1CCCCC1CC(=O)O. The van der Waals surface area contributed by atoms with Crippen molar-refractivity contribution in [3.05, 3.63) is 19.1 Å². The van der Waals surface area contributed by atoms with E-state index in [2.05, 4.69) is 13.0 Å². The number of aliphatic carboxylic acids is 1. The summed E-state index contributed by atoms with van der Waals surface area (Å²) in [6.07, 6.45) is 9.94. The van der Waals surface area contributed by atoms with Gasteiger partial charge in [0.15, 0.2) is 0 Å². The summed E-state index contributed by atoms with van der Waals surface area (Å²) in [5, 5.41) is 8.78. The van der Waals surface area contributed by atoms with Crippen LogP contribution in [0.4, 0.5) is 0 Å². The second-order valence-electron chi connectivity index (χ2n) is 4.11. The highest BCUT2D eigenvalue weighted by Gasteiger charge is 2.25. The van der Waals surface area contributed by atoms with Crippen molar-refractivity contribution in [1.29, 1.82) is 0 Å². The second kappa shape index (κ2) is 5.84. The molecule has 0 amide bonds. The standard InChI is InChI=1S/C12H19O2/c1-2-3-6-10-7-4-5-8-11(10)9-12(13)14/h2-3,10-11H,1,4-9H2,(H,13,14).